The van der Waals surface area contributed by atoms with Crippen molar-refractivity contribution in [1.82, 2.24) is 4.31 Å². The number of ether oxygens (including phenoxy) is 2. The van der Waals surface area contributed by atoms with E-state index in [-0.39, 0.29) is 5.75 Å². The number of methoxy groups -OCH3 is 1. The molecule has 1 saturated heterocycles. The largest absolute Gasteiger partial charge is 0.504 e. The molecule has 2 fully saturated rings. The molecule has 1 heterocycles. The zero-order valence-electron chi connectivity index (χ0n) is 14.9. The number of aryl methyl sites for hydroxylation is 1. The second kappa shape index (κ2) is 10.2. The Kier molecular flexibility index (Phi) is 8.22. The molecule has 1 aromatic rings. The summed E-state index contributed by atoms with van der Waals surface area (Å²) in [5.74, 6) is 1.70. The molecular weight excluding hydrogens is 322 g/mol. The summed E-state index contributed by atoms with van der Waals surface area (Å²) in [4.78, 5) is 0. The van der Waals surface area contributed by atoms with Crippen LogP contribution in [0.3, 0.4) is 0 Å². The second-order valence-corrected chi connectivity index (χ2v) is 7.07. The Hall–Kier alpha value is -0.910. The van der Waals surface area contributed by atoms with Gasteiger partial charge in [0, 0.05) is 19.7 Å². The molecule has 0 radical (unpaired) electrons. The van der Waals surface area contributed by atoms with E-state index in [0.717, 1.165) is 23.9 Å². The molecule has 0 bridgehead atoms. The van der Waals surface area contributed by atoms with Crippen LogP contribution in [0.1, 0.15) is 44.6 Å². The van der Waals surface area contributed by atoms with E-state index in [0.29, 0.717) is 19.0 Å². The fourth-order valence-electron chi connectivity index (χ4n) is 3.51. The van der Waals surface area contributed by atoms with Crippen molar-refractivity contribution in [2.24, 2.45) is 5.92 Å². The van der Waals surface area contributed by atoms with Crippen LogP contribution in [-0.2, 0) is 11.2 Å². The van der Waals surface area contributed by atoms with Gasteiger partial charge in [0.2, 0.25) is 0 Å². The van der Waals surface area contributed by atoms with Crippen molar-refractivity contribution in [1.29, 1.82) is 0 Å². The van der Waals surface area contributed by atoms with Crippen LogP contribution in [0.5, 0.6) is 11.5 Å². The van der Waals surface area contributed by atoms with Gasteiger partial charge in [0.1, 0.15) is 6.61 Å². The van der Waals surface area contributed by atoms with E-state index in [1.54, 1.807) is 13.2 Å². The molecule has 24 heavy (non-hydrogen) atoms. The Morgan fingerprint density at radius 1 is 1.21 bits per heavy atom. The highest BCUT2D eigenvalue weighted by molar-refractivity contribution is 7.77. The molecule has 0 aromatic heterocycles. The van der Waals surface area contributed by atoms with Gasteiger partial charge < -0.3 is 14.6 Å². The van der Waals surface area contributed by atoms with E-state index in [9.17, 15) is 5.11 Å². The first-order chi connectivity index (χ1) is 11.7. The lowest BCUT2D eigenvalue weighted by atomic mass is 9.86. The molecule has 1 saturated carbocycles. The maximum absolute atomic E-state index is 9.46. The SMILES string of the molecule is CCc1ccc(O)c(OCCOC)c1.SN1CCC2CCCCC21. The minimum absolute atomic E-state index is 0.179. The predicted molar refractivity (Wildman–Crippen MR) is 101 cm³/mol. The molecule has 2 aliphatic rings. The Morgan fingerprint density at radius 3 is 2.71 bits per heavy atom. The smallest absolute Gasteiger partial charge is 0.161 e. The van der Waals surface area contributed by atoms with E-state index in [2.05, 4.69) is 24.0 Å². The first-order valence-electron chi connectivity index (χ1n) is 9.04. The maximum Gasteiger partial charge on any atom is 0.161 e. The van der Waals surface area contributed by atoms with E-state index < -0.39 is 0 Å². The monoisotopic (exact) mass is 353 g/mol. The summed E-state index contributed by atoms with van der Waals surface area (Å²) in [6.07, 6.45) is 8.08. The Morgan fingerprint density at radius 2 is 2.00 bits per heavy atom. The maximum atomic E-state index is 9.46. The van der Waals surface area contributed by atoms with E-state index >= 15 is 0 Å². The highest BCUT2D eigenvalue weighted by Gasteiger charge is 2.33. The second-order valence-electron chi connectivity index (χ2n) is 6.56. The zero-order valence-corrected chi connectivity index (χ0v) is 15.8. The number of rotatable bonds is 5. The molecule has 1 aliphatic carbocycles. The minimum atomic E-state index is 0.179. The number of hydrogen-bond donors (Lipinski definition) is 2. The van der Waals surface area contributed by atoms with Crippen molar-refractivity contribution in [2.45, 2.75) is 51.5 Å². The molecule has 3 rings (SSSR count). The van der Waals surface area contributed by atoms with Crippen LogP contribution in [0.25, 0.3) is 0 Å². The summed E-state index contributed by atoms with van der Waals surface area (Å²) in [5, 5.41) is 9.46. The van der Waals surface area contributed by atoms with Gasteiger partial charge in [-0.25, -0.2) is 4.31 Å². The van der Waals surface area contributed by atoms with Crippen molar-refractivity contribution < 1.29 is 14.6 Å². The van der Waals surface area contributed by atoms with Crippen LogP contribution < -0.4 is 4.74 Å². The molecule has 1 aliphatic heterocycles. The first-order valence-corrected chi connectivity index (χ1v) is 9.44. The third-order valence-electron chi connectivity index (χ3n) is 4.96. The summed E-state index contributed by atoms with van der Waals surface area (Å²) in [5.41, 5.74) is 1.15. The normalized spacial score (nSPS) is 23.3. The number of fused-ring (bicyclic) bond motifs is 1. The Balaban J connectivity index is 0.000000182. The number of benzene rings is 1. The van der Waals surface area contributed by atoms with Gasteiger partial charge >= 0.3 is 0 Å². The van der Waals surface area contributed by atoms with Crippen molar-refractivity contribution in [3.63, 3.8) is 0 Å². The molecule has 136 valence electrons. The molecule has 2 atom stereocenters. The van der Waals surface area contributed by atoms with E-state index in [1.807, 2.05) is 12.1 Å². The average molecular weight is 354 g/mol. The number of hydrogen-bond acceptors (Lipinski definition) is 5. The van der Waals surface area contributed by atoms with Crippen molar-refractivity contribution >= 4 is 12.8 Å². The fraction of sp³-hybridized carbons (Fsp3) is 0.684. The fourth-order valence-corrected chi connectivity index (χ4v) is 3.93. The minimum Gasteiger partial charge on any atom is -0.504 e. The average Bonchev–Trinajstić information content (AvgIpc) is 2.99. The van der Waals surface area contributed by atoms with Crippen LogP contribution in [0.4, 0.5) is 0 Å². The first kappa shape index (κ1) is 19.4. The molecule has 2 unspecified atom stereocenters. The lowest BCUT2D eigenvalue weighted by Crippen LogP contribution is -2.28. The van der Waals surface area contributed by atoms with Crippen molar-refractivity contribution in [2.75, 3.05) is 26.9 Å². The van der Waals surface area contributed by atoms with Gasteiger partial charge in [-0.15, -0.1) is 0 Å². The lowest BCUT2D eigenvalue weighted by molar-refractivity contribution is 0.144. The van der Waals surface area contributed by atoms with Gasteiger partial charge in [-0.3, -0.25) is 0 Å². The molecular formula is C19H31NO3S. The van der Waals surface area contributed by atoms with Crippen molar-refractivity contribution in [3.8, 4) is 11.5 Å². The topological polar surface area (TPSA) is 41.9 Å². The predicted octanol–water partition coefficient (Wildman–Crippen LogP) is 4.08. The number of phenols is 1. The third kappa shape index (κ3) is 5.57. The number of thiol groups is 1. The highest BCUT2D eigenvalue weighted by atomic mass is 32.1. The third-order valence-corrected chi connectivity index (χ3v) is 5.45. The highest BCUT2D eigenvalue weighted by Crippen LogP contribution is 2.36. The van der Waals surface area contributed by atoms with Gasteiger partial charge in [0.05, 0.1) is 6.61 Å². The Bertz CT molecular complexity index is 496. The molecule has 0 amide bonds. The van der Waals surface area contributed by atoms with Crippen molar-refractivity contribution in [3.05, 3.63) is 23.8 Å². The van der Waals surface area contributed by atoms with Gasteiger partial charge in [-0.05, 0) is 49.3 Å². The molecule has 1 aromatic carbocycles. The molecule has 0 spiro atoms. The lowest BCUT2D eigenvalue weighted by Gasteiger charge is -2.28. The summed E-state index contributed by atoms with van der Waals surface area (Å²) in [7, 11) is 1.62. The summed E-state index contributed by atoms with van der Waals surface area (Å²) < 4.78 is 12.5. The van der Waals surface area contributed by atoms with E-state index in [1.165, 1.54) is 38.6 Å². The quantitative estimate of drug-likeness (QED) is 0.618. The van der Waals surface area contributed by atoms with Crippen LogP contribution >= 0.6 is 12.8 Å². The number of aromatic hydroxyl groups is 1. The van der Waals surface area contributed by atoms with Gasteiger partial charge in [0.15, 0.2) is 11.5 Å². The number of phenolic OH excluding ortho intramolecular Hbond substituents is 1. The van der Waals surface area contributed by atoms with E-state index in [4.69, 9.17) is 9.47 Å². The van der Waals surface area contributed by atoms with Crippen LogP contribution in [0.2, 0.25) is 0 Å². The molecule has 5 heteroatoms. The molecule has 4 nitrogen and oxygen atoms in total. The van der Waals surface area contributed by atoms with Gasteiger partial charge in [-0.2, -0.15) is 0 Å². The molecule has 1 N–H and O–H groups in total. The van der Waals surface area contributed by atoms with Gasteiger partial charge in [0.25, 0.3) is 0 Å². The van der Waals surface area contributed by atoms with Gasteiger partial charge in [-0.1, -0.05) is 38.6 Å². The number of nitrogens with zero attached hydrogens (tertiary/aromatic N) is 1. The summed E-state index contributed by atoms with van der Waals surface area (Å²) >= 11 is 4.45. The summed E-state index contributed by atoms with van der Waals surface area (Å²) in [6.45, 7) is 4.26. The summed E-state index contributed by atoms with van der Waals surface area (Å²) in [6, 6.07) is 6.22. The van der Waals surface area contributed by atoms with Crippen LogP contribution in [0.15, 0.2) is 18.2 Å². The Labute approximate surface area is 151 Å². The van der Waals surface area contributed by atoms with Crippen LogP contribution in [-0.4, -0.2) is 42.3 Å². The zero-order chi connectivity index (χ0) is 17.4. The van der Waals surface area contributed by atoms with Crippen LogP contribution in [0, 0.1) is 5.92 Å². The standard InChI is InChI=1S/C11H16O3.C8H15NS/c1-3-9-4-5-10(12)11(8-9)14-7-6-13-2;10-9-6-5-7-3-1-2-4-8(7)9/h4-5,8,12H,3,6-7H2,1-2H3;7-8,10H,1-6H2.